The number of alkyl halides is 1. The summed E-state index contributed by atoms with van der Waals surface area (Å²) in [6.45, 7) is 6.92. The first-order valence-corrected chi connectivity index (χ1v) is 5.78. The van der Waals surface area contributed by atoms with E-state index in [-0.39, 0.29) is 6.10 Å². The van der Waals surface area contributed by atoms with Crippen molar-refractivity contribution in [3.63, 3.8) is 0 Å². The van der Waals surface area contributed by atoms with Crippen LogP contribution in [0.5, 0.6) is 0 Å². The summed E-state index contributed by atoms with van der Waals surface area (Å²) in [5.74, 6) is 0. The average molecular weight is 280 g/mol. The molecule has 0 aromatic carbocycles. The Labute approximate surface area is 89.0 Å². The quantitative estimate of drug-likeness (QED) is 0.426. The first-order chi connectivity index (χ1) is 5.76. The Morgan fingerprint density at radius 1 is 1.58 bits per heavy atom. The summed E-state index contributed by atoms with van der Waals surface area (Å²) in [5, 5.41) is 0. The van der Waals surface area contributed by atoms with Gasteiger partial charge in [-0.3, -0.25) is 0 Å². The zero-order valence-electron chi connectivity index (χ0n) is 8.01. The van der Waals surface area contributed by atoms with Crippen molar-refractivity contribution in [3.05, 3.63) is 23.8 Å². The summed E-state index contributed by atoms with van der Waals surface area (Å²) in [6.07, 6.45) is 6.48. The average Bonchev–Trinajstić information content (AvgIpc) is 2.06. The van der Waals surface area contributed by atoms with E-state index in [2.05, 4.69) is 41.7 Å². The summed E-state index contributed by atoms with van der Waals surface area (Å²) in [7, 11) is 0. The lowest BCUT2D eigenvalue weighted by Crippen LogP contribution is -2.12. The van der Waals surface area contributed by atoms with Crippen molar-refractivity contribution < 1.29 is 4.74 Å². The first kappa shape index (κ1) is 12.2. The molecule has 70 valence electrons. The number of hydrogen-bond donors (Lipinski definition) is 0. The normalized spacial score (nSPS) is 15.5. The van der Waals surface area contributed by atoms with Crippen molar-refractivity contribution >= 4 is 22.6 Å². The zero-order valence-corrected chi connectivity index (χ0v) is 10.2. The summed E-state index contributed by atoms with van der Waals surface area (Å²) in [4.78, 5) is 0. The number of rotatable bonds is 5. The molecule has 0 aromatic heterocycles. The molecule has 0 spiro atoms. The van der Waals surface area contributed by atoms with Crippen LogP contribution >= 0.6 is 22.6 Å². The van der Waals surface area contributed by atoms with Crippen LogP contribution in [0.1, 0.15) is 20.8 Å². The van der Waals surface area contributed by atoms with Crippen molar-refractivity contribution in [3.8, 4) is 0 Å². The highest BCUT2D eigenvalue weighted by Crippen LogP contribution is 2.10. The molecule has 0 aliphatic carbocycles. The highest BCUT2D eigenvalue weighted by molar-refractivity contribution is 14.1. The monoisotopic (exact) mass is 280 g/mol. The van der Waals surface area contributed by atoms with E-state index in [0.29, 0.717) is 0 Å². The van der Waals surface area contributed by atoms with Crippen LogP contribution in [-0.2, 0) is 4.74 Å². The lowest BCUT2D eigenvalue weighted by Gasteiger charge is -2.13. The molecule has 0 amide bonds. The van der Waals surface area contributed by atoms with Gasteiger partial charge in [-0.25, -0.2) is 0 Å². The first-order valence-electron chi connectivity index (χ1n) is 4.25. The van der Waals surface area contributed by atoms with E-state index >= 15 is 0 Å². The van der Waals surface area contributed by atoms with Gasteiger partial charge < -0.3 is 4.74 Å². The fourth-order valence-corrected chi connectivity index (χ4v) is 1.74. The van der Waals surface area contributed by atoms with Crippen LogP contribution < -0.4 is 0 Å². The van der Waals surface area contributed by atoms with Crippen LogP contribution in [0.2, 0.25) is 0 Å². The van der Waals surface area contributed by atoms with Gasteiger partial charge in [0.15, 0.2) is 0 Å². The van der Waals surface area contributed by atoms with Crippen LogP contribution in [0.25, 0.3) is 0 Å². The molecular formula is C10H17IO. The number of halogens is 1. The topological polar surface area (TPSA) is 9.23 Å². The summed E-state index contributed by atoms with van der Waals surface area (Å²) < 4.78 is 6.52. The van der Waals surface area contributed by atoms with Crippen molar-refractivity contribution in [1.82, 2.24) is 0 Å². The van der Waals surface area contributed by atoms with E-state index in [0.717, 1.165) is 11.0 Å². The maximum atomic E-state index is 5.48. The standard InChI is InChI=1S/C10H17IO/c1-4-6-7-10(8-11)9(3)12-5-2/h4,6-7,9H,5,8H2,1-3H3/b6-4-,10-7-. The summed E-state index contributed by atoms with van der Waals surface area (Å²) in [6, 6.07) is 0. The molecule has 0 saturated carbocycles. The smallest absolute Gasteiger partial charge is 0.0767 e. The SMILES string of the molecule is C/C=C\C=C(\CI)C(C)OCC. The molecular weight excluding hydrogens is 263 g/mol. The minimum absolute atomic E-state index is 0.253. The molecule has 12 heavy (non-hydrogen) atoms. The third kappa shape index (κ3) is 4.93. The predicted octanol–water partition coefficient (Wildman–Crippen LogP) is 3.35. The van der Waals surface area contributed by atoms with Crippen molar-refractivity contribution in [1.29, 1.82) is 0 Å². The molecule has 0 aliphatic rings. The fraction of sp³-hybridized carbons (Fsp3) is 0.600. The molecule has 0 fully saturated rings. The highest BCUT2D eigenvalue weighted by atomic mass is 127. The minimum Gasteiger partial charge on any atom is -0.374 e. The van der Waals surface area contributed by atoms with Crippen molar-refractivity contribution in [2.75, 3.05) is 11.0 Å². The molecule has 1 nitrogen and oxygen atoms in total. The highest BCUT2D eigenvalue weighted by Gasteiger charge is 2.04. The Morgan fingerprint density at radius 3 is 2.67 bits per heavy atom. The van der Waals surface area contributed by atoms with E-state index in [4.69, 9.17) is 4.74 Å². The van der Waals surface area contributed by atoms with Crippen LogP contribution in [0, 0.1) is 0 Å². The Kier molecular flexibility index (Phi) is 7.91. The van der Waals surface area contributed by atoms with Crippen molar-refractivity contribution in [2.45, 2.75) is 26.9 Å². The van der Waals surface area contributed by atoms with E-state index in [9.17, 15) is 0 Å². The lowest BCUT2D eigenvalue weighted by molar-refractivity contribution is 0.102. The van der Waals surface area contributed by atoms with Gasteiger partial charge in [-0.1, -0.05) is 40.8 Å². The van der Waals surface area contributed by atoms with E-state index < -0.39 is 0 Å². The van der Waals surface area contributed by atoms with Crippen LogP contribution in [0.3, 0.4) is 0 Å². The Hall–Kier alpha value is 0.170. The zero-order chi connectivity index (χ0) is 9.40. The third-order valence-electron chi connectivity index (χ3n) is 1.60. The van der Waals surface area contributed by atoms with Gasteiger partial charge in [-0.15, -0.1) is 0 Å². The maximum absolute atomic E-state index is 5.48. The molecule has 0 heterocycles. The van der Waals surface area contributed by atoms with Gasteiger partial charge in [-0.2, -0.15) is 0 Å². The molecule has 0 bridgehead atoms. The van der Waals surface area contributed by atoms with Gasteiger partial charge in [0.25, 0.3) is 0 Å². The van der Waals surface area contributed by atoms with E-state index in [1.54, 1.807) is 0 Å². The number of allylic oxidation sites excluding steroid dienone is 3. The van der Waals surface area contributed by atoms with Gasteiger partial charge in [0.2, 0.25) is 0 Å². The van der Waals surface area contributed by atoms with E-state index in [1.165, 1.54) is 5.57 Å². The van der Waals surface area contributed by atoms with E-state index in [1.807, 2.05) is 19.9 Å². The van der Waals surface area contributed by atoms with Gasteiger partial charge in [-0.05, 0) is 26.3 Å². The molecule has 1 atom stereocenters. The fourth-order valence-electron chi connectivity index (χ4n) is 0.866. The second-order valence-electron chi connectivity index (χ2n) is 2.50. The molecule has 1 unspecified atom stereocenters. The van der Waals surface area contributed by atoms with Crippen molar-refractivity contribution in [2.24, 2.45) is 0 Å². The maximum Gasteiger partial charge on any atom is 0.0767 e. The predicted molar refractivity (Wildman–Crippen MR) is 62.9 cm³/mol. The van der Waals surface area contributed by atoms with Gasteiger partial charge in [0, 0.05) is 11.0 Å². The Balaban J connectivity index is 4.12. The minimum atomic E-state index is 0.253. The molecule has 0 radical (unpaired) electrons. The molecule has 2 heteroatoms. The third-order valence-corrected chi connectivity index (χ3v) is 2.48. The number of ether oxygens (including phenoxy) is 1. The molecule has 0 rings (SSSR count). The second kappa shape index (κ2) is 7.80. The summed E-state index contributed by atoms with van der Waals surface area (Å²) in [5.41, 5.74) is 1.34. The van der Waals surface area contributed by atoms with Gasteiger partial charge >= 0.3 is 0 Å². The largest absolute Gasteiger partial charge is 0.374 e. The van der Waals surface area contributed by atoms with Gasteiger partial charge in [0.05, 0.1) is 6.10 Å². The second-order valence-corrected chi connectivity index (χ2v) is 3.26. The molecule has 0 N–H and O–H groups in total. The molecule has 0 aliphatic heterocycles. The van der Waals surface area contributed by atoms with Crippen LogP contribution in [0.15, 0.2) is 23.8 Å². The Morgan fingerprint density at radius 2 is 2.25 bits per heavy atom. The number of hydrogen-bond acceptors (Lipinski definition) is 1. The Bertz CT molecular complexity index is 161. The lowest BCUT2D eigenvalue weighted by atomic mass is 10.2. The van der Waals surface area contributed by atoms with Gasteiger partial charge in [0.1, 0.15) is 0 Å². The van der Waals surface area contributed by atoms with Crippen LogP contribution in [-0.4, -0.2) is 17.1 Å². The molecule has 0 saturated heterocycles. The van der Waals surface area contributed by atoms with Crippen LogP contribution in [0.4, 0.5) is 0 Å². The summed E-state index contributed by atoms with van der Waals surface area (Å²) >= 11 is 2.36. The molecule has 0 aromatic rings.